The van der Waals surface area contributed by atoms with E-state index in [1.54, 1.807) is 19.1 Å². The zero-order valence-corrected chi connectivity index (χ0v) is 17.7. The summed E-state index contributed by atoms with van der Waals surface area (Å²) in [5.41, 5.74) is 0. The number of aryl methyl sites for hydroxylation is 1. The van der Waals surface area contributed by atoms with Gasteiger partial charge in [-0.15, -0.1) is 11.3 Å². The van der Waals surface area contributed by atoms with E-state index in [0.29, 0.717) is 16.4 Å². The maximum atomic E-state index is 13.3. The first-order valence-corrected chi connectivity index (χ1v) is 10.9. The van der Waals surface area contributed by atoms with Crippen molar-refractivity contribution in [3.63, 3.8) is 0 Å². The Bertz CT molecular complexity index is 672. The second-order valence-electron chi connectivity index (χ2n) is 7.24. The molecule has 1 aromatic heterocycles. The summed E-state index contributed by atoms with van der Waals surface area (Å²) < 4.78 is 45.2. The maximum Gasteiger partial charge on any atom is 0.471 e. The lowest BCUT2D eigenvalue weighted by atomic mass is 9.95. The summed E-state index contributed by atoms with van der Waals surface area (Å²) in [6.45, 7) is 4.04. The highest BCUT2D eigenvalue weighted by Gasteiger charge is 2.46. The fraction of sp³-hybridized carbons (Fsp3) is 0.700. The highest BCUT2D eigenvalue weighted by atomic mass is 32.1. The van der Waals surface area contributed by atoms with Crippen molar-refractivity contribution in [1.82, 2.24) is 10.2 Å². The minimum atomic E-state index is -5.05. The number of carbonyl (C=O) groups excluding carboxylic acids is 2. The third-order valence-corrected chi connectivity index (χ3v) is 5.99. The topological polar surface area (TPSA) is 58.6 Å². The van der Waals surface area contributed by atoms with E-state index in [0.717, 1.165) is 37.0 Å². The Morgan fingerprint density at radius 2 is 1.97 bits per heavy atom. The number of nitrogens with zero attached hydrogens (tertiary/aromatic N) is 1. The first-order chi connectivity index (χ1) is 13.7. The molecule has 0 unspecified atom stereocenters. The first kappa shape index (κ1) is 23.7. The molecule has 0 radical (unpaired) electrons. The zero-order chi connectivity index (χ0) is 21.4. The molecule has 9 heteroatoms. The van der Waals surface area contributed by atoms with Crippen LogP contribution in [0.2, 0.25) is 0 Å². The van der Waals surface area contributed by atoms with Crippen molar-refractivity contribution < 1.29 is 27.5 Å². The van der Waals surface area contributed by atoms with Gasteiger partial charge in [0.15, 0.2) is 0 Å². The molecule has 29 heavy (non-hydrogen) atoms. The minimum absolute atomic E-state index is 0.0638. The van der Waals surface area contributed by atoms with Crippen LogP contribution in [0.3, 0.4) is 0 Å². The third-order valence-electron chi connectivity index (χ3n) is 4.94. The molecule has 0 aromatic carbocycles. The lowest BCUT2D eigenvalue weighted by Gasteiger charge is -2.33. The fourth-order valence-electron chi connectivity index (χ4n) is 3.54. The van der Waals surface area contributed by atoms with E-state index in [9.17, 15) is 22.8 Å². The molecule has 2 amide bonds. The molecule has 0 aliphatic heterocycles. The highest BCUT2D eigenvalue weighted by molar-refractivity contribution is 7.12. The number of rotatable bonds is 9. The van der Waals surface area contributed by atoms with Crippen molar-refractivity contribution in [2.75, 3.05) is 19.8 Å². The molecule has 164 valence electrons. The van der Waals surface area contributed by atoms with Gasteiger partial charge in [-0.2, -0.15) is 13.2 Å². The standard InChI is InChI=1S/C20H29F3N2O3S/c1-3-28-13-7-12-25(19(27)20(21,22)23)17(16-11-10-14(2)29-16)18(26)24-15-8-5-4-6-9-15/h10-11,15,17H,3-9,12-13H2,1-2H3,(H,24,26)/t17-/m0/s1. The number of halogens is 3. The van der Waals surface area contributed by atoms with Gasteiger partial charge in [0.25, 0.3) is 0 Å². The predicted octanol–water partition coefficient (Wildman–Crippen LogP) is 4.36. The number of ether oxygens (including phenoxy) is 1. The number of carbonyl (C=O) groups is 2. The van der Waals surface area contributed by atoms with Crippen molar-refractivity contribution in [3.8, 4) is 0 Å². The molecule has 0 bridgehead atoms. The van der Waals surface area contributed by atoms with Crippen molar-refractivity contribution >= 4 is 23.2 Å². The number of amides is 2. The number of alkyl halides is 3. The Morgan fingerprint density at radius 3 is 2.52 bits per heavy atom. The van der Waals surface area contributed by atoms with E-state index in [2.05, 4.69) is 5.32 Å². The molecule has 1 heterocycles. The summed E-state index contributed by atoms with van der Waals surface area (Å²) in [6.07, 6.45) is -0.177. The van der Waals surface area contributed by atoms with E-state index < -0.39 is 24.0 Å². The molecule has 1 N–H and O–H groups in total. The van der Waals surface area contributed by atoms with Gasteiger partial charge >= 0.3 is 12.1 Å². The monoisotopic (exact) mass is 434 g/mol. The predicted molar refractivity (Wildman–Crippen MR) is 106 cm³/mol. The molecular formula is C20H29F3N2O3S. The number of nitrogens with one attached hydrogen (secondary N) is 1. The average Bonchev–Trinajstić information content (AvgIpc) is 3.09. The highest BCUT2D eigenvalue weighted by Crippen LogP contribution is 2.32. The van der Waals surface area contributed by atoms with E-state index in [4.69, 9.17) is 4.74 Å². The third kappa shape index (κ3) is 6.99. The molecule has 0 spiro atoms. The molecule has 1 aliphatic carbocycles. The van der Waals surface area contributed by atoms with Crippen LogP contribution in [0.25, 0.3) is 0 Å². The molecular weight excluding hydrogens is 405 g/mol. The second kappa shape index (κ2) is 11.0. The van der Waals surface area contributed by atoms with Crippen molar-refractivity contribution in [1.29, 1.82) is 0 Å². The van der Waals surface area contributed by atoms with E-state index in [1.165, 1.54) is 11.3 Å². The summed E-state index contributed by atoms with van der Waals surface area (Å²) >= 11 is 1.23. The zero-order valence-electron chi connectivity index (χ0n) is 16.9. The Labute approximate surface area is 173 Å². The fourth-order valence-corrected chi connectivity index (χ4v) is 4.53. The van der Waals surface area contributed by atoms with Crippen molar-refractivity contribution in [2.24, 2.45) is 0 Å². The van der Waals surface area contributed by atoms with Crippen LogP contribution in [0.5, 0.6) is 0 Å². The SMILES string of the molecule is CCOCCCN(C(=O)C(F)(F)F)[C@H](C(=O)NC1CCCCC1)c1ccc(C)s1. The lowest BCUT2D eigenvalue weighted by Crippen LogP contribution is -2.50. The van der Waals surface area contributed by atoms with Gasteiger partial charge in [0.2, 0.25) is 5.91 Å². The molecule has 0 saturated heterocycles. The number of thiophene rings is 1. The summed E-state index contributed by atoms with van der Waals surface area (Å²) in [7, 11) is 0. The molecule has 1 aromatic rings. The second-order valence-corrected chi connectivity index (χ2v) is 8.56. The van der Waals surface area contributed by atoms with Gasteiger partial charge in [0.05, 0.1) is 0 Å². The summed E-state index contributed by atoms with van der Waals surface area (Å²) in [6, 6.07) is 2.01. The van der Waals surface area contributed by atoms with Crippen LogP contribution in [0, 0.1) is 6.92 Å². The minimum Gasteiger partial charge on any atom is -0.382 e. The van der Waals surface area contributed by atoms with Gasteiger partial charge in [0.1, 0.15) is 6.04 Å². The first-order valence-electron chi connectivity index (χ1n) is 10.1. The van der Waals surface area contributed by atoms with Crippen molar-refractivity contribution in [3.05, 3.63) is 21.9 Å². The Balaban J connectivity index is 2.29. The van der Waals surface area contributed by atoms with Crippen LogP contribution < -0.4 is 5.32 Å². The summed E-state index contributed by atoms with van der Waals surface area (Å²) in [5.74, 6) is -2.54. The summed E-state index contributed by atoms with van der Waals surface area (Å²) in [5, 5.41) is 2.89. The van der Waals surface area contributed by atoms with Gasteiger partial charge in [-0.1, -0.05) is 19.3 Å². The molecule has 2 rings (SSSR count). The van der Waals surface area contributed by atoms with Crippen LogP contribution in [0.4, 0.5) is 13.2 Å². The Kier molecular flexibility index (Phi) is 8.95. The van der Waals surface area contributed by atoms with Gasteiger partial charge in [-0.25, -0.2) is 0 Å². The Hall–Kier alpha value is -1.61. The molecule has 1 fully saturated rings. The normalized spacial score (nSPS) is 16.4. The van der Waals surface area contributed by atoms with Crippen LogP contribution in [-0.2, 0) is 14.3 Å². The van der Waals surface area contributed by atoms with E-state index in [1.807, 2.05) is 6.92 Å². The van der Waals surface area contributed by atoms with Gasteiger partial charge in [0, 0.05) is 35.6 Å². The average molecular weight is 435 g/mol. The van der Waals surface area contributed by atoms with Crippen LogP contribution in [0.15, 0.2) is 12.1 Å². The van der Waals surface area contributed by atoms with Crippen LogP contribution in [-0.4, -0.2) is 48.7 Å². The molecule has 1 saturated carbocycles. The van der Waals surface area contributed by atoms with Gasteiger partial charge < -0.3 is 15.0 Å². The number of hydrogen-bond donors (Lipinski definition) is 1. The van der Waals surface area contributed by atoms with Crippen LogP contribution >= 0.6 is 11.3 Å². The molecule has 1 atom stereocenters. The van der Waals surface area contributed by atoms with Gasteiger partial charge in [-0.3, -0.25) is 9.59 Å². The van der Waals surface area contributed by atoms with E-state index in [-0.39, 0.29) is 25.6 Å². The smallest absolute Gasteiger partial charge is 0.382 e. The Morgan fingerprint density at radius 1 is 1.28 bits per heavy atom. The van der Waals surface area contributed by atoms with E-state index >= 15 is 0 Å². The van der Waals surface area contributed by atoms with Gasteiger partial charge in [-0.05, 0) is 45.2 Å². The number of hydrogen-bond acceptors (Lipinski definition) is 4. The largest absolute Gasteiger partial charge is 0.471 e. The van der Waals surface area contributed by atoms with Crippen LogP contribution in [0.1, 0.15) is 61.2 Å². The molecule has 5 nitrogen and oxygen atoms in total. The summed E-state index contributed by atoms with van der Waals surface area (Å²) in [4.78, 5) is 27.3. The molecule has 1 aliphatic rings. The maximum absolute atomic E-state index is 13.3. The van der Waals surface area contributed by atoms with Crippen molar-refractivity contribution in [2.45, 2.75) is 70.6 Å². The quantitative estimate of drug-likeness (QED) is 0.588. The lowest BCUT2D eigenvalue weighted by molar-refractivity contribution is -0.189.